The summed E-state index contributed by atoms with van der Waals surface area (Å²) >= 11 is 5.78. The van der Waals surface area contributed by atoms with Gasteiger partial charge in [0.25, 0.3) is 0 Å². The third-order valence-electron chi connectivity index (χ3n) is 5.53. The third kappa shape index (κ3) is 4.57. The van der Waals surface area contributed by atoms with Crippen molar-refractivity contribution in [1.82, 2.24) is 5.32 Å². The van der Waals surface area contributed by atoms with Gasteiger partial charge in [-0.1, -0.05) is 29.8 Å². The predicted molar refractivity (Wildman–Crippen MR) is 110 cm³/mol. The summed E-state index contributed by atoms with van der Waals surface area (Å²) in [6.45, 7) is 5.18. The number of ether oxygens (including phenoxy) is 2. The molecule has 1 saturated heterocycles. The fourth-order valence-electron chi connectivity index (χ4n) is 4.05. The fourth-order valence-corrected chi connectivity index (χ4v) is 4.17. The summed E-state index contributed by atoms with van der Waals surface area (Å²) in [5.41, 5.74) is 2.44. The molecule has 0 aromatic heterocycles. The first-order valence-electron chi connectivity index (χ1n) is 9.87. The van der Waals surface area contributed by atoms with Gasteiger partial charge in [0, 0.05) is 19.3 Å². The van der Waals surface area contributed by atoms with Gasteiger partial charge in [0.1, 0.15) is 17.2 Å². The van der Waals surface area contributed by atoms with Gasteiger partial charge in [-0.2, -0.15) is 0 Å². The lowest BCUT2D eigenvalue weighted by atomic mass is 9.91. The van der Waals surface area contributed by atoms with Gasteiger partial charge in [0.15, 0.2) is 0 Å². The lowest BCUT2D eigenvalue weighted by Crippen LogP contribution is -2.59. The van der Waals surface area contributed by atoms with Gasteiger partial charge < -0.3 is 14.8 Å². The number of fused-ring (bicyclic) bond motifs is 1. The molecule has 0 unspecified atom stereocenters. The summed E-state index contributed by atoms with van der Waals surface area (Å²) in [6.07, 6.45) is 2.45. The van der Waals surface area contributed by atoms with Crippen LogP contribution in [0.4, 0.5) is 4.39 Å². The molecular formula is C23H25ClFNO3. The van der Waals surface area contributed by atoms with Gasteiger partial charge in [-0.25, -0.2) is 4.39 Å². The van der Waals surface area contributed by atoms with Crippen molar-refractivity contribution in [3.8, 4) is 5.75 Å². The largest absolute Gasteiger partial charge is 0.487 e. The van der Waals surface area contributed by atoms with Crippen LogP contribution in [0.15, 0.2) is 36.4 Å². The van der Waals surface area contributed by atoms with Crippen LogP contribution in [-0.2, 0) is 28.8 Å². The SMILES string of the molecule is CC1(NC(=O)CCc2ccc3c(c2)C[C@@](C)(Cc2ccc(Cl)c(F)c2)O3)COC1. The number of hydrogen-bond acceptors (Lipinski definition) is 3. The number of hydrogen-bond donors (Lipinski definition) is 1. The average Bonchev–Trinajstić information content (AvgIpc) is 2.96. The Bertz CT molecular complexity index is 944. The smallest absolute Gasteiger partial charge is 0.220 e. The number of amides is 1. The van der Waals surface area contributed by atoms with E-state index in [1.165, 1.54) is 6.07 Å². The summed E-state index contributed by atoms with van der Waals surface area (Å²) in [6, 6.07) is 11.0. The van der Waals surface area contributed by atoms with Crippen LogP contribution in [0.25, 0.3) is 0 Å². The van der Waals surface area contributed by atoms with E-state index >= 15 is 0 Å². The average molecular weight is 418 g/mol. The number of rotatable bonds is 6. The van der Waals surface area contributed by atoms with E-state index in [0.29, 0.717) is 32.5 Å². The Morgan fingerprint density at radius 2 is 1.93 bits per heavy atom. The Hall–Kier alpha value is -2.11. The highest BCUT2D eigenvalue weighted by molar-refractivity contribution is 6.30. The van der Waals surface area contributed by atoms with Gasteiger partial charge in [0.2, 0.25) is 5.91 Å². The Balaban J connectivity index is 1.37. The van der Waals surface area contributed by atoms with Gasteiger partial charge in [-0.05, 0) is 55.2 Å². The van der Waals surface area contributed by atoms with Crippen LogP contribution in [0.5, 0.6) is 5.75 Å². The minimum atomic E-state index is -0.433. The molecule has 2 aromatic rings. The highest BCUT2D eigenvalue weighted by atomic mass is 35.5. The molecule has 0 radical (unpaired) electrons. The molecular weight excluding hydrogens is 393 g/mol. The molecule has 2 aliphatic rings. The standard InChI is InChI=1S/C23H25ClFNO3/c1-22(13-28-14-22)26-21(27)8-5-15-4-7-20-17(9-15)12-23(2,29-20)11-16-3-6-18(24)19(25)10-16/h3-4,6-7,9-10H,5,8,11-14H2,1-2H3,(H,26,27)/t23-/m1/s1. The van der Waals surface area contributed by atoms with Crippen LogP contribution in [0.2, 0.25) is 5.02 Å². The molecule has 2 aromatic carbocycles. The van der Waals surface area contributed by atoms with Crippen molar-refractivity contribution in [2.75, 3.05) is 13.2 Å². The lowest BCUT2D eigenvalue weighted by molar-refractivity contribution is -0.131. The molecule has 1 N–H and O–H groups in total. The van der Waals surface area contributed by atoms with Crippen LogP contribution < -0.4 is 10.1 Å². The Morgan fingerprint density at radius 1 is 1.17 bits per heavy atom. The molecule has 0 aliphatic carbocycles. The molecule has 6 heteroatoms. The quantitative estimate of drug-likeness (QED) is 0.764. The molecule has 0 bridgehead atoms. The van der Waals surface area contributed by atoms with E-state index < -0.39 is 11.4 Å². The minimum Gasteiger partial charge on any atom is -0.487 e. The summed E-state index contributed by atoms with van der Waals surface area (Å²) in [5, 5.41) is 3.16. The predicted octanol–water partition coefficient (Wildman–Crippen LogP) is 4.25. The summed E-state index contributed by atoms with van der Waals surface area (Å²) < 4.78 is 25.1. The van der Waals surface area contributed by atoms with Crippen molar-refractivity contribution in [1.29, 1.82) is 0 Å². The molecule has 4 rings (SSSR count). The molecule has 1 atom stereocenters. The molecule has 2 heterocycles. The number of carbonyl (C=O) groups excluding carboxylic acids is 1. The Labute approximate surface area is 175 Å². The number of benzene rings is 2. The molecule has 29 heavy (non-hydrogen) atoms. The van der Waals surface area contributed by atoms with Gasteiger partial charge in [-0.3, -0.25) is 4.79 Å². The van der Waals surface area contributed by atoms with Crippen molar-refractivity contribution in [3.63, 3.8) is 0 Å². The second kappa shape index (κ2) is 7.62. The van der Waals surface area contributed by atoms with Gasteiger partial charge in [0.05, 0.1) is 23.8 Å². The highest BCUT2D eigenvalue weighted by Crippen LogP contribution is 2.38. The van der Waals surface area contributed by atoms with E-state index in [9.17, 15) is 9.18 Å². The zero-order valence-electron chi connectivity index (χ0n) is 16.7. The second-order valence-corrected chi connectivity index (χ2v) is 9.10. The molecule has 2 aliphatic heterocycles. The van der Waals surface area contributed by atoms with Crippen LogP contribution >= 0.6 is 11.6 Å². The van der Waals surface area contributed by atoms with Crippen LogP contribution in [-0.4, -0.2) is 30.3 Å². The van der Waals surface area contributed by atoms with E-state index in [1.54, 1.807) is 6.07 Å². The molecule has 4 nitrogen and oxygen atoms in total. The van der Waals surface area contributed by atoms with Crippen molar-refractivity contribution >= 4 is 17.5 Å². The zero-order valence-corrected chi connectivity index (χ0v) is 17.4. The second-order valence-electron chi connectivity index (χ2n) is 8.70. The van der Waals surface area contributed by atoms with Gasteiger partial charge >= 0.3 is 0 Å². The van der Waals surface area contributed by atoms with E-state index in [2.05, 4.69) is 11.4 Å². The zero-order chi connectivity index (χ0) is 20.6. The Morgan fingerprint density at radius 3 is 2.62 bits per heavy atom. The third-order valence-corrected chi connectivity index (χ3v) is 5.84. The number of halogens is 2. The Kier molecular flexibility index (Phi) is 5.30. The maximum absolute atomic E-state index is 13.8. The molecule has 154 valence electrons. The number of nitrogens with one attached hydrogen (secondary N) is 1. The van der Waals surface area contributed by atoms with Crippen molar-refractivity contribution < 1.29 is 18.7 Å². The van der Waals surface area contributed by atoms with Crippen LogP contribution in [0, 0.1) is 5.82 Å². The van der Waals surface area contributed by atoms with E-state index in [4.69, 9.17) is 21.1 Å². The van der Waals surface area contributed by atoms with E-state index in [1.807, 2.05) is 32.0 Å². The van der Waals surface area contributed by atoms with Crippen LogP contribution in [0.3, 0.4) is 0 Å². The fraction of sp³-hybridized carbons (Fsp3) is 0.435. The van der Waals surface area contributed by atoms with E-state index in [0.717, 1.165) is 28.9 Å². The molecule has 1 amide bonds. The van der Waals surface area contributed by atoms with Gasteiger partial charge in [-0.15, -0.1) is 0 Å². The van der Waals surface area contributed by atoms with Crippen LogP contribution in [0.1, 0.15) is 37.0 Å². The maximum Gasteiger partial charge on any atom is 0.220 e. The first-order valence-corrected chi connectivity index (χ1v) is 10.3. The van der Waals surface area contributed by atoms with Crippen molar-refractivity contribution in [2.24, 2.45) is 0 Å². The number of carbonyl (C=O) groups is 1. The summed E-state index contributed by atoms with van der Waals surface area (Å²) in [7, 11) is 0. The molecule has 1 fully saturated rings. The summed E-state index contributed by atoms with van der Waals surface area (Å²) in [4.78, 5) is 12.2. The highest BCUT2D eigenvalue weighted by Gasteiger charge is 2.36. The molecule has 0 saturated carbocycles. The maximum atomic E-state index is 13.8. The van der Waals surface area contributed by atoms with E-state index in [-0.39, 0.29) is 16.5 Å². The normalized spacial score (nSPS) is 21.8. The monoisotopic (exact) mass is 417 g/mol. The number of aryl methyl sites for hydroxylation is 1. The first kappa shape index (κ1) is 20.2. The topological polar surface area (TPSA) is 47.6 Å². The summed E-state index contributed by atoms with van der Waals surface area (Å²) in [5.74, 6) is 0.488. The lowest BCUT2D eigenvalue weighted by Gasteiger charge is -2.38. The van der Waals surface area contributed by atoms with Crippen molar-refractivity contribution in [3.05, 3.63) is 63.9 Å². The minimum absolute atomic E-state index is 0.0437. The molecule has 0 spiro atoms. The first-order chi connectivity index (χ1) is 13.7. The van der Waals surface area contributed by atoms with Crippen molar-refractivity contribution in [2.45, 2.75) is 50.7 Å².